The number of aryl methyl sites for hydroxylation is 2. The van der Waals surface area contributed by atoms with Crippen LogP contribution < -0.4 is 5.63 Å². The van der Waals surface area contributed by atoms with Crippen LogP contribution in [0.15, 0.2) is 63.8 Å². The van der Waals surface area contributed by atoms with Gasteiger partial charge >= 0.3 is 11.6 Å². The standard InChI is InChI=1S/C24H22N2O4/c1-15-9-10-20-19(12-22(27)30-21(20)11-15)14-29-24(28)23-16(2)25-26(17(23)3)13-18-7-5-4-6-8-18/h4-12H,13-14H2,1-3H3. The summed E-state index contributed by atoms with van der Waals surface area (Å²) in [6, 6.07) is 16.9. The van der Waals surface area contributed by atoms with E-state index in [9.17, 15) is 9.59 Å². The lowest BCUT2D eigenvalue weighted by atomic mass is 10.1. The van der Waals surface area contributed by atoms with E-state index in [1.54, 1.807) is 17.7 Å². The van der Waals surface area contributed by atoms with Crippen molar-refractivity contribution < 1.29 is 13.9 Å². The number of hydrogen-bond donors (Lipinski definition) is 0. The fourth-order valence-electron chi connectivity index (χ4n) is 3.57. The molecule has 0 unspecified atom stereocenters. The molecule has 4 aromatic rings. The maximum Gasteiger partial charge on any atom is 0.342 e. The first kappa shape index (κ1) is 19.6. The van der Waals surface area contributed by atoms with Gasteiger partial charge in [-0.25, -0.2) is 9.59 Å². The second-order valence-electron chi connectivity index (χ2n) is 7.36. The van der Waals surface area contributed by atoms with E-state index in [2.05, 4.69) is 5.10 Å². The Morgan fingerprint density at radius 3 is 2.60 bits per heavy atom. The van der Waals surface area contributed by atoms with E-state index < -0.39 is 11.6 Å². The Kier molecular flexibility index (Phi) is 5.23. The van der Waals surface area contributed by atoms with E-state index in [4.69, 9.17) is 9.15 Å². The van der Waals surface area contributed by atoms with Crippen molar-refractivity contribution in [2.75, 3.05) is 0 Å². The normalized spacial score (nSPS) is 11.0. The summed E-state index contributed by atoms with van der Waals surface area (Å²) in [5.74, 6) is -0.460. The number of hydrogen-bond acceptors (Lipinski definition) is 5. The summed E-state index contributed by atoms with van der Waals surface area (Å²) in [4.78, 5) is 24.7. The van der Waals surface area contributed by atoms with Gasteiger partial charge in [0.2, 0.25) is 0 Å². The van der Waals surface area contributed by atoms with Crippen LogP contribution in [0.4, 0.5) is 0 Å². The molecule has 0 aliphatic carbocycles. The first-order chi connectivity index (χ1) is 14.4. The van der Waals surface area contributed by atoms with Crippen molar-refractivity contribution in [1.82, 2.24) is 9.78 Å². The molecule has 0 aliphatic rings. The van der Waals surface area contributed by atoms with E-state index >= 15 is 0 Å². The number of fused-ring (bicyclic) bond motifs is 1. The Labute approximate surface area is 173 Å². The zero-order valence-corrected chi connectivity index (χ0v) is 17.1. The molecule has 0 aliphatic heterocycles. The monoisotopic (exact) mass is 402 g/mol. The minimum atomic E-state index is -0.470. The third-order valence-corrected chi connectivity index (χ3v) is 5.11. The van der Waals surface area contributed by atoms with Gasteiger partial charge in [0.25, 0.3) is 0 Å². The molecule has 0 spiro atoms. The molecule has 0 saturated carbocycles. The summed E-state index contributed by atoms with van der Waals surface area (Å²) in [5.41, 5.74) is 4.52. The molecule has 2 aromatic carbocycles. The summed E-state index contributed by atoms with van der Waals surface area (Å²) in [6.07, 6.45) is 0. The highest BCUT2D eigenvalue weighted by atomic mass is 16.5. The molecule has 4 rings (SSSR count). The van der Waals surface area contributed by atoms with Crippen LogP contribution in [0.2, 0.25) is 0 Å². The second-order valence-corrected chi connectivity index (χ2v) is 7.36. The SMILES string of the molecule is Cc1ccc2c(COC(=O)c3c(C)nn(Cc4ccccc4)c3C)cc(=O)oc2c1. The van der Waals surface area contributed by atoms with Crippen LogP contribution >= 0.6 is 0 Å². The Hall–Kier alpha value is -3.67. The van der Waals surface area contributed by atoms with Crippen molar-refractivity contribution >= 4 is 16.9 Å². The van der Waals surface area contributed by atoms with E-state index in [1.165, 1.54) is 6.07 Å². The maximum atomic E-state index is 12.8. The highest BCUT2D eigenvalue weighted by Crippen LogP contribution is 2.21. The van der Waals surface area contributed by atoms with Gasteiger partial charge in [0, 0.05) is 17.0 Å². The molecule has 0 amide bonds. The van der Waals surface area contributed by atoms with Gasteiger partial charge in [-0.2, -0.15) is 5.10 Å². The average Bonchev–Trinajstić information content (AvgIpc) is 2.99. The third kappa shape index (κ3) is 3.89. The van der Waals surface area contributed by atoms with Crippen molar-refractivity contribution in [2.24, 2.45) is 0 Å². The average molecular weight is 402 g/mol. The second kappa shape index (κ2) is 7.99. The molecular formula is C24H22N2O4. The highest BCUT2D eigenvalue weighted by molar-refractivity contribution is 5.92. The smallest absolute Gasteiger partial charge is 0.342 e. The zero-order valence-electron chi connectivity index (χ0n) is 17.1. The van der Waals surface area contributed by atoms with Gasteiger partial charge in [0.15, 0.2) is 0 Å². The van der Waals surface area contributed by atoms with Crippen molar-refractivity contribution in [3.8, 4) is 0 Å². The van der Waals surface area contributed by atoms with Gasteiger partial charge in [-0.05, 0) is 38.0 Å². The number of ether oxygens (including phenoxy) is 1. The number of benzene rings is 2. The molecular weight excluding hydrogens is 380 g/mol. The van der Waals surface area contributed by atoms with E-state index in [0.717, 1.165) is 22.2 Å². The van der Waals surface area contributed by atoms with Crippen LogP contribution in [-0.4, -0.2) is 15.7 Å². The number of carbonyl (C=O) groups is 1. The molecule has 0 saturated heterocycles. The third-order valence-electron chi connectivity index (χ3n) is 5.11. The van der Waals surface area contributed by atoms with Gasteiger partial charge < -0.3 is 9.15 Å². The highest BCUT2D eigenvalue weighted by Gasteiger charge is 2.20. The quantitative estimate of drug-likeness (QED) is 0.367. The van der Waals surface area contributed by atoms with Gasteiger partial charge in [0.1, 0.15) is 17.8 Å². The van der Waals surface area contributed by atoms with Crippen LogP contribution in [-0.2, 0) is 17.9 Å². The molecule has 0 fully saturated rings. The van der Waals surface area contributed by atoms with Crippen LogP contribution in [0.1, 0.15) is 38.4 Å². The topological polar surface area (TPSA) is 74.3 Å². The number of nitrogens with zero attached hydrogens (tertiary/aromatic N) is 2. The molecule has 152 valence electrons. The Morgan fingerprint density at radius 2 is 1.83 bits per heavy atom. The summed E-state index contributed by atoms with van der Waals surface area (Å²) in [7, 11) is 0. The van der Waals surface area contributed by atoms with Crippen molar-refractivity contribution in [1.29, 1.82) is 0 Å². The van der Waals surface area contributed by atoms with Crippen molar-refractivity contribution in [2.45, 2.75) is 33.9 Å². The van der Waals surface area contributed by atoms with Crippen LogP contribution in [0.5, 0.6) is 0 Å². The van der Waals surface area contributed by atoms with Gasteiger partial charge in [-0.1, -0.05) is 42.5 Å². The maximum absolute atomic E-state index is 12.8. The fourth-order valence-corrected chi connectivity index (χ4v) is 3.57. The Bertz CT molecular complexity index is 1290. The largest absolute Gasteiger partial charge is 0.457 e. The number of aromatic nitrogens is 2. The minimum Gasteiger partial charge on any atom is -0.457 e. The number of rotatable bonds is 5. The molecule has 30 heavy (non-hydrogen) atoms. The lowest BCUT2D eigenvalue weighted by molar-refractivity contribution is 0.0472. The van der Waals surface area contributed by atoms with Crippen LogP contribution in [0.25, 0.3) is 11.0 Å². The minimum absolute atomic E-state index is 0.0211. The molecule has 6 nitrogen and oxygen atoms in total. The first-order valence-corrected chi connectivity index (χ1v) is 9.71. The molecule has 0 radical (unpaired) electrons. The molecule has 2 aromatic heterocycles. The summed E-state index contributed by atoms with van der Waals surface area (Å²) >= 11 is 0. The van der Waals surface area contributed by atoms with E-state index in [1.807, 2.05) is 56.3 Å². The lowest BCUT2D eigenvalue weighted by Crippen LogP contribution is -2.10. The van der Waals surface area contributed by atoms with Crippen LogP contribution in [0.3, 0.4) is 0 Å². The first-order valence-electron chi connectivity index (χ1n) is 9.71. The number of esters is 1. The predicted octanol–water partition coefficient (Wildman–Crippen LogP) is 4.32. The summed E-state index contributed by atoms with van der Waals surface area (Å²) < 4.78 is 12.6. The zero-order chi connectivity index (χ0) is 21.3. The van der Waals surface area contributed by atoms with E-state index in [0.29, 0.717) is 28.9 Å². The van der Waals surface area contributed by atoms with Crippen molar-refractivity contribution in [3.05, 3.63) is 98.7 Å². The molecule has 6 heteroatoms. The number of carbonyl (C=O) groups excluding carboxylic acids is 1. The predicted molar refractivity (Wildman–Crippen MR) is 114 cm³/mol. The van der Waals surface area contributed by atoms with E-state index in [-0.39, 0.29) is 6.61 Å². The summed E-state index contributed by atoms with van der Waals surface area (Å²) in [6.45, 7) is 6.12. The molecule has 0 bridgehead atoms. The molecule has 0 N–H and O–H groups in total. The van der Waals surface area contributed by atoms with Gasteiger partial charge in [-0.15, -0.1) is 0 Å². The van der Waals surface area contributed by atoms with Crippen molar-refractivity contribution in [3.63, 3.8) is 0 Å². The summed E-state index contributed by atoms with van der Waals surface area (Å²) in [5, 5.41) is 5.26. The lowest BCUT2D eigenvalue weighted by Gasteiger charge is -2.08. The molecule has 0 atom stereocenters. The van der Waals surface area contributed by atoms with Crippen LogP contribution in [0, 0.1) is 20.8 Å². The fraction of sp³-hybridized carbons (Fsp3) is 0.208. The van der Waals surface area contributed by atoms with Gasteiger partial charge in [0.05, 0.1) is 17.9 Å². The van der Waals surface area contributed by atoms with Gasteiger partial charge in [-0.3, -0.25) is 4.68 Å². The Balaban J connectivity index is 1.57. The Morgan fingerprint density at radius 1 is 1.07 bits per heavy atom. The molecule has 2 heterocycles.